The Morgan fingerprint density at radius 2 is 1.76 bits per heavy atom. The first-order valence-corrected chi connectivity index (χ1v) is 8.32. The third-order valence-electron chi connectivity index (χ3n) is 2.46. The van der Waals surface area contributed by atoms with Crippen LogP contribution in [-0.2, 0) is 9.84 Å². The fourth-order valence-electron chi connectivity index (χ4n) is 1.78. The zero-order valence-electron chi connectivity index (χ0n) is 10.3. The molecule has 0 bridgehead atoms. The molecule has 3 nitrogen and oxygen atoms in total. The number of hydrogen-bond donors (Lipinski definition) is 1. The van der Waals surface area contributed by atoms with E-state index in [9.17, 15) is 8.42 Å². The molecule has 0 saturated carbocycles. The molecule has 0 aliphatic rings. The van der Waals surface area contributed by atoms with Gasteiger partial charge in [-0.25, -0.2) is 8.42 Å². The van der Waals surface area contributed by atoms with Crippen molar-refractivity contribution >= 4 is 25.8 Å². The minimum atomic E-state index is -2.93. The van der Waals surface area contributed by atoms with Crippen LogP contribution in [0.15, 0.2) is 28.7 Å². The van der Waals surface area contributed by atoms with Crippen molar-refractivity contribution in [1.82, 2.24) is 5.32 Å². The van der Waals surface area contributed by atoms with E-state index in [2.05, 4.69) is 21.2 Å². The number of halogens is 1. The fraction of sp³-hybridized carbons (Fsp3) is 0.500. The first-order chi connectivity index (χ1) is 7.78. The molecule has 0 amide bonds. The van der Waals surface area contributed by atoms with Crippen molar-refractivity contribution in [2.24, 2.45) is 0 Å². The Kier molecular flexibility index (Phi) is 5.16. The maximum atomic E-state index is 11.2. The molecule has 1 rings (SSSR count). The van der Waals surface area contributed by atoms with Gasteiger partial charge in [-0.2, -0.15) is 0 Å². The average Bonchev–Trinajstić information content (AvgIpc) is 2.15. The zero-order valence-corrected chi connectivity index (χ0v) is 12.7. The van der Waals surface area contributed by atoms with Gasteiger partial charge in [0.2, 0.25) is 0 Å². The number of rotatable bonds is 5. The molecule has 1 N–H and O–H groups in total. The minimum Gasteiger partial charge on any atom is -0.307 e. The molecule has 1 aromatic carbocycles. The lowest BCUT2D eigenvalue weighted by atomic mass is 10.1. The van der Waals surface area contributed by atoms with Crippen LogP contribution in [0.2, 0.25) is 0 Å². The summed E-state index contributed by atoms with van der Waals surface area (Å²) in [6.45, 7) is 3.92. The summed E-state index contributed by atoms with van der Waals surface area (Å²) in [5.74, 6) is 0.161. The molecular weight excluding hydrogens is 302 g/mol. The third-order valence-corrected chi connectivity index (χ3v) is 4.09. The summed E-state index contributed by atoms with van der Waals surface area (Å²) in [6.07, 6.45) is 1.26. The van der Waals surface area contributed by atoms with Crippen LogP contribution in [0, 0.1) is 0 Å². The van der Waals surface area contributed by atoms with Gasteiger partial charge in [-0.1, -0.05) is 28.1 Å². The maximum absolute atomic E-state index is 11.2. The van der Waals surface area contributed by atoms with Gasteiger partial charge in [-0.05, 0) is 31.5 Å². The van der Waals surface area contributed by atoms with Crippen LogP contribution in [0.5, 0.6) is 0 Å². The van der Waals surface area contributed by atoms with Gasteiger partial charge >= 0.3 is 0 Å². The Hall–Kier alpha value is -0.390. The molecule has 0 aromatic heterocycles. The van der Waals surface area contributed by atoms with Crippen molar-refractivity contribution < 1.29 is 8.42 Å². The van der Waals surface area contributed by atoms with E-state index in [1.807, 2.05) is 38.1 Å². The van der Waals surface area contributed by atoms with Crippen LogP contribution >= 0.6 is 15.9 Å². The van der Waals surface area contributed by atoms with Gasteiger partial charge in [-0.3, -0.25) is 0 Å². The highest BCUT2D eigenvalue weighted by molar-refractivity contribution is 9.10. The summed E-state index contributed by atoms with van der Waals surface area (Å²) in [4.78, 5) is 0. The molecule has 96 valence electrons. The van der Waals surface area contributed by atoms with Gasteiger partial charge in [0.25, 0.3) is 0 Å². The largest absolute Gasteiger partial charge is 0.307 e. The molecule has 0 aliphatic carbocycles. The van der Waals surface area contributed by atoms with E-state index >= 15 is 0 Å². The van der Waals surface area contributed by atoms with Crippen LogP contribution in [0.3, 0.4) is 0 Å². The van der Waals surface area contributed by atoms with Crippen molar-refractivity contribution in [2.75, 3.05) is 12.0 Å². The van der Waals surface area contributed by atoms with Crippen molar-refractivity contribution in [3.05, 3.63) is 34.3 Å². The van der Waals surface area contributed by atoms with Crippen LogP contribution in [0.4, 0.5) is 0 Å². The average molecular weight is 320 g/mol. The van der Waals surface area contributed by atoms with Crippen LogP contribution in [0.25, 0.3) is 0 Å². The zero-order chi connectivity index (χ0) is 13.1. The summed E-state index contributed by atoms with van der Waals surface area (Å²) in [6, 6.07) is 8.09. The van der Waals surface area contributed by atoms with Crippen molar-refractivity contribution in [3.63, 3.8) is 0 Å². The number of sulfone groups is 1. The van der Waals surface area contributed by atoms with Gasteiger partial charge in [0.05, 0.1) is 5.75 Å². The molecule has 0 heterocycles. The summed E-state index contributed by atoms with van der Waals surface area (Å²) in [5, 5.41) is 3.28. The van der Waals surface area contributed by atoms with E-state index < -0.39 is 9.84 Å². The van der Waals surface area contributed by atoms with E-state index in [4.69, 9.17) is 0 Å². The van der Waals surface area contributed by atoms with Gasteiger partial charge in [0.15, 0.2) is 0 Å². The SMILES string of the molecule is CC(CS(C)(=O)=O)N[C@@H](C)c1ccc(Br)cc1. The maximum Gasteiger partial charge on any atom is 0.148 e. The van der Waals surface area contributed by atoms with Crippen LogP contribution in [0.1, 0.15) is 25.5 Å². The highest BCUT2D eigenvalue weighted by atomic mass is 79.9. The van der Waals surface area contributed by atoms with E-state index in [0.29, 0.717) is 0 Å². The van der Waals surface area contributed by atoms with Gasteiger partial charge in [-0.15, -0.1) is 0 Å². The Morgan fingerprint density at radius 1 is 1.24 bits per heavy atom. The molecule has 0 spiro atoms. The Morgan fingerprint density at radius 3 is 2.24 bits per heavy atom. The molecule has 0 saturated heterocycles. The second-order valence-electron chi connectivity index (χ2n) is 4.43. The molecule has 5 heteroatoms. The second kappa shape index (κ2) is 5.98. The molecule has 0 fully saturated rings. The summed E-state index contributed by atoms with van der Waals surface area (Å²) < 4.78 is 23.4. The smallest absolute Gasteiger partial charge is 0.148 e. The third kappa shape index (κ3) is 5.66. The predicted octanol–water partition coefficient (Wildman–Crippen LogP) is 2.53. The lowest BCUT2D eigenvalue weighted by molar-refractivity contribution is 0.500. The molecule has 2 atom stereocenters. The standard InChI is InChI=1S/C12H18BrNO2S/c1-9(8-17(3,15)16)14-10(2)11-4-6-12(13)7-5-11/h4-7,9-10,14H,8H2,1-3H3/t9?,10-/m0/s1. The van der Waals surface area contributed by atoms with Gasteiger partial charge < -0.3 is 5.32 Å². The molecule has 1 unspecified atom stereocenters. The first-order valence-electron chi connectivity index (χ1n) is 5.47. The lowest BCUT2D eigenvalue weighted by Gasteiger charge is -2.19. The molecule has 1 aromatic rings. The van der Waals surface area contributed by atoms with E-state index in [1.165, 1.54) is 6.26 Å². The highest BCUT2D eigenvalue weighted by Crippen LogP contribution is 2.17. The number of nitrogens with one attached hydrogen (secondary N) is 1. The summed E-state index contributed by atoms with van der Waals surface area (Å²) >= 11 is 3.39. The fourth-order valence-corrected chi connectivity index (χ4v) is 3.05. The molecule has 0 radical (unpaired) electrons. The molecular formula is C12H18BrNO2S. The van der Waals surface area contributed by atoms with E-state index in [-0.39, 0.29) is 17.8 Å². The Balaban J connectivity index is 2.60. The predicted molar refractivity (Wildman–Crippen MR) is 74.9 cm³/mol. The Bertz CT molecular complexity index is 456. The van der Waals surface area contributed by atoms with Gasteiger partial charge in [0, 0.05) is 22.8 Å². The van der Waals surface area contributed by atoms with E-state index in [0.717, 1.165) is 10.0 Å². The lowest BCUT2D eigenvalue weighted by Crippen LogP contribution is -2.34. The van der Waals surface area contributed by atoms with E-state index in [1.54, 1.807) is 0 Å². The topological polar surface area (TPSA) is 46.2 Å². The number of hydrogen-bond acceptors (Lipinski definition) is 3. The second-order valence-corrected chi connectivity index (χ2v) is 7.53. The van der Waals surface area contributed by atoms with Crippen molar-refractivity contribution in [3.8, 4) is 0 Å². The summed E-state index contributed by atoms with van der Waals surface area (Å²) in [7, 11) is -2.93. The molecule has 17 heavy (non-hydrogen) atoms. The highest BCUT2D eigenvalue weighted by Gasteiger charge is 2.13. The quantitative estimate of drug-likeness (QED) is 0.907. The van der Waals surface area contributed by atoms with Crippen molar-refractivity contribution in [2.45, 2.75) is 25.9 Å². The number of benzene rings is 1. The van der Waals surface area contributed by atoms with Crippen molar-refractivity contribution in [1.29, 1.82) is 0 Å². The first kappa shape index (κ1) is 14.7. The normalized spacial score (nSPS) is 15.5. The molecule has 0 aliphatic heterocycles. The monoisotopic (exact) mass is 319 g/mol. The van der Waals surface area contributed by atoms with Gasteiger partial charge in [0.1, 0.15) is 9.84 Å². The minimum absolute atomic E-state index is 0.0522. The van der Waals surface area contributed by atoms with Crippen LogP contribution < -0.4 is 5.32 Å². The Labute approximate surface area is 112 Å². The summed E-state index contributed by atoms with van der Waals surface area (Å²) in [5.41, 5.74) is 1.15. The van der Waals surface area contributed by atoms with Crippen LogP contribution in [-0.4, -0.2) is 26.5 Å².